The van der Waals surface area contributed by atoms with Crippen molar-refractivity contribution < 1.29 is 10.1 Å². The third kappa shape index (κ3) is 1.49. The van der Waals surface area contributed by atoms with E-state index in [1.54, 1.807) is 0 Å². The molecule has 0 spiro atoms. The van der Waals surface area contributed by atoms with E-state index in [1.165, 1.54) is 18.2 Å². The van der Waals surface area contributed by atoms with Crippen molar-refractivity contribution in [2.45, 2.75) is 0 Å². The van der Waals surface area contributed by atoms with E-state index in [0.29, 0.717) is 0 Å². The van der Waals surface area contributed by atoms with Gasteiger partial charge >= 0.3 is 11.4 Å². The van der Waals surface area contributed by atoms with Gasteiger partial charge in [0.05, 0.1) is 11.0 Å². The second-order valence-electron chi connectivity index (χ2n) is 2.01. The molecule has 0 aliphatic rings. The van der Waals surface area contributed by atoms with Crippen LogP contribution in [0.5, 0.6) is 0 Å². The molecular weight excluding hydrogens is 182 g/mol. The van der Waals surface area contributed by atoms with Gasteiger partial charge in [-0.25, -0.2) is 5.21 Å². The van der Waals surface area contributed by atoms with E-state index in [0.717, 1.165) is 0 Å². The smallest absolute Gasteiger partial charge is 0.241 e. The fourth-order valence-electron chi connectivity index (χ4n) is 0.713. The molecule has 0 heterocycles. The van der Waals surface area contributed by atoms with Gasteiger partial charge in [-0.3, -0.25) is 0 Å². The topological polar surface area (TPSA) is 68.5 Å². The average Bonchev–Trinajstić information content (AvgIpc) is 2.03. The van der Waals surface area contributed by atoms with Gasteiger partial charge in [-0.05, 0) is 0 Å². The Bertz CT molecular complexity index is 372. The quantitative estimate of drug-likeness (QED) is 0.540. The van der Waals surface area contributed by atoms with Crippen LogP contribution in [0.15, 0.2) is 18.2 Å². The number of hydrogen-bond donors (Lipinski definition) is 1. The number of nitrogens with zero attached hydrogens (tertiary/aromatic N) is 3. The highest BCUT2D eigenvalue weighted by atomic mass is 35.5. The zero-order valence-corrected chi connectivity index (χ0v) is 6.56. The molecule has 0 aromatic heterocycles. The minimum atomic E-state index is -0.358. The van der Waals surface area contributed by atoms with Gasteiger partial charge in [0.1, 0.15) is 5.02 Å². The molecule has 12 heavy (non-hydrogen) atoms. The van der Waals surface area contributed by atoms with Crippen molar-refractivity contribution in [1.29, 1.82) is 5.39 Å². The van der Waals surface area contributed by atoms with Gasteiger partial charge in [0, 0.05) is 12.1 Å². The molecule has 0 amide bonds. The number of rotatable bonds is 1. The maximum absolute atomic E-state index is 10.4. The Morgan fingerprint density at radius 3 is 2.67 bits per heavy atom. The average molecular weight is 186 g/mol. The first-order valence-corrected chi connectivity index (χ1v) is 3.33. The second kappa shape index (κ2) is 3.15. The van der Waals surface area contributed by atoms with E-state index in [-0.39, 0.29) is 21.3 Å². The van der Waals surface area contributed by atoms with Gasteiger partial charge < -0.3 is 0 Å². The van der Waals surface area contributed by atoms with Gasteiger partial charge in [0.25, 0.3) is 4.92 Å². The molecule has 0 aliphatic heterocycles. The van der Waals surface area contributed by atoms with Crippen LogP contribution >= 0.6 is 11.6 Å². The molecule has 0 bridgehead atoms. The lowest BCUT2D eigenvalue weighted by molar-refractivity contribution is -0.729. The highest BCUT2D eigenvalue weighted by Gasteiger charge is 2.20. The summed E-state index contributed by atoms with van der Waals surface area (Å²) in [6, 6.07) is 3.82. The lowest BCUT2D eigenvalue weighted by Gasteiger charge is -1.84. The molecule has 0 unspecified atom stereocenters. The summed E-state index contributed by atoms with van der Waals surface area (Å²) in [6.07, 6.45) is 0. The van der Waals surface area contributed by atoms with Crippen molar-refractivity contribution in [1.82, 2.24) is 0 Å². The van der Waals surface area contributed by atoms with Crippen LogP contribution in [0.4, 0.5) is 11.4 Å². The molecule has 0 saturated heterocycles. The number of benzene rings is 1. The van der Waals surface area contributed by atoms with Crippen molar-refractivity contribution >= 4 is 23.0 Å². The molecule has 0 fully saturated rings. The van der Waals surface area contributed by atoms with E-state index in [1.807, 2.05) is 0 Å². The number of diazo groups is 1. The molecule has 1 rings (SSSR count). The van der Waals surface area contributed by atoms with Crippen LogP contribution in [0.25, 0.3) is 4.98 Å². The molecular formula is C6H4ClN3O2+2. The number of halogens is 1. The Kier molecular flexibility index (Phi) is 2.21. The zero-order chi connectivity index (χ0) is 9.14. The summed E-state index contributed by atoms with van der Waals surface area (Å²) < 4.78 is 0. The molecule has 5 nitrogen and oxygen atoms in total. The lowest BCUT2D eigenvalue weighted by Crippen LogP contribution is -1.91. The Labute approximate surface area is 72.3 Å². The Morgan fingerprint density at radius 1 is 1.58 bits per heavy atom. The van der Waals surface area contributed by atoms with Crippen molar-refractivity contribution in [2.24, 2.45) is 0 Å². The Morgan fingerprint density at radius 2 is 2.25 bits per heavy atom. The first-order chi connectivity index (χ1) is 5.65. The highest BCUT2D eigenvalue weighted by molar-refractivity contribution is 6.32. The molecule has 0 radical (unpaired) electrons. The second-order valence-corrected chi connectivity index (χ2v) is 2.42. The first-order valence-electron chi connectivity index (χ1n) is 2.96. The van der Waals surface area contributed by atoms with E-state index < -0.39 is 0 Å². The predicted molar refractivity (Wildman–Crippen MR) is 41.3 cm³/mol. The third-order valence-electron chi connectivity index (χ3n) is 1.25. The maximum atomic E-state index is 10.4. The van der Waals surface area contributed by atoms with Crippen LogP contribution in [0.3, 0.4) is 0 Å². The van der Waals surface area contributed by atoms with Gasteiger partial charge in [-0.15, -0.1) is 0 Å². The zero-order valence-electron chi connectivity index (χ0n) is 5.81. The molecule has 1 N–H and O–H groups in total. The van der Waals surface area contributed by atoms with Crippen molar-refractivity contribution in [2.75, 3.05) is 0 Å². The van der Waals surface area contributed by atoms with E-state index in [9.17, 15) is 4.91 Å². The molecule has 0 aliphatic carbocycles. The molecule has 1 aromatic carbocycles. The molecule has 60 valence electrons. The van der Waals surface area contributed by atoms with E-state index >= 15 is 0 Å². The molecule has 6 heteroatoms. The normalized spacial score (nSPS) is 9.00. The lowest BCUT2D eigenvalue weighted by atomic mass is 10.3. The molecule has 0 atom stereocenters. The van der Waals surface area contributed by atoms with Crippen molar-refractivity contribution in [3.05, 3.63) is 33.1 Å². The summed E-state index contributed by atoms with van der Waals surface area (Å²) in [5, 5.41) is 16.8. The minimum Gasteiger partial charge on any atom is -0.241 e. The van der Waals surface area contributed by atoms with Crippen LogP contribution < -0.4 is 0 Å². The summed E-state index contributed by atoms with van der Waals surface area (Å²) in [7, 11) is 0. The summed E-state index contributed by atoms with van der Waals surface area (Å²) in [5.41, 5.74) is 0.120. The first kappa shape index (κ1) is 8.43. The van der Waals surface area contributed by atoms with Crippen molar-refractivity contribution in [3.63, 3.8) is 0 Å². The van der Waals surface area contributed by atoms with E-state index in [4.69, 9.17) is 22.2 Å². The van der Waals surface area contributed by atoms with Crippen molar-refractivity contribution in [3.8, 4) is 0 Å². The van der Waals surface area contributed by atoms with Gasteiger partial charge in [0.15, 0.2) is 4.98 Å². The SMILES string of the molecule is N#[N+]c1ccc([N+](=O)O)c(Cl)c1. The van der Waals surface area contributed by atoms with E-state index in [2.05, 4.69) is 4.98 Å². The molecule has 0 saturated carbocycles. The third-order valence-corrected chi connectivity index (χ3v) is 1.56. The van der Waals surface area contributed by atoms with Crippen LogP contribution in [-0.2, 0) is 0 Å². The summed E-state index contributed by atoms with van der Waals surface area (Å²) in [6.45, 7) is 0. The summed E-state index contributed by atoms with van der Waals surface area (Å²) in [4.78, 5) is 12.8. The van der Waals surface area contributed by atoms with Crippen LogP contribution in [0.1, 0.15) is 0 Å². The van der Waals surface area contributed by atoms with Crippen LogP contribution in [0.2, 0.25) is 5.02 Å². The van der Waals surface area contributed by atoms with Crippen LogP contribution in [0, 0.1) is 10.3 Å². The van der Waals surface area contributed by atoms with Gasteiger partial charge in [-0.2, -0.15) is 0 Å². The summed E-state index contributed by atoms with van der Waals surface area (Å²) >= 11 is 5.53. The maximum Gasteiger partial charge on any atom is 0.387 e. The van der Waals surface area contributed by atoms with Gasteiger partial charge in [-0.1, -0.05) is 11.6 Å². The standard InChI is InChI=1S/C6H4ClN3O2/c7-5-3-4(9-8)1-2-6(5)10(11)12/h1-3H,(H,11,12)/q+2. The molecule has 1 aromatic rings. The fourth-order valence-corrected chi connectivity index (χ4v) is 0.960. The predicted octanol–water partition coefficient (Wildman–Crippen LogP) is 2.62. The van der Waals surface area contributed by atoms with Crippen LogP contribution in [-0.4, -0.2) is 10.1 Å². The minimum absolute atomic E-state index is 0.0165. The highest BCUT2D eigenvalue weighted by Crippen LogP contribution is 2.27. The Hall–Kier alpha value is -1.67. The largest absolute Gasteiger partial charge is 0.387 e. The summed E-state index contributed by atoms with van der Waals surface area (Å²) in [5.74, 6) is 0. The monoisotopic (exact) mass is 185 g/mol. The Balaban J connectivity index is 3.23. The fraction of sp³-hybridized carbons (Fsp3) is 0. The number of hydrogen-bond acceptors (Lipinski definition) is 2. The van der Waals surface area contributed by atoms with Gasteiger partial charge in [0.2, 0.25) is 5.39 Å².